The highest BCUT2D eigenvalue weighted by Gasteiger charge is 2.18. The fourth-order valence-corrected chi connectivity index (χ4v) is 2.02. The number of benzene rings is 2. The second kappa shape index (κ2) is 8.52. The number of para-hydroxylation sites is 2. The number of hydrogen-bond donors (Lipinski definition) is 1. The predicted molar refractivity (Wildman–Crippen MR) is 92.7 cm³/mol. The number of ether oxygens (including phenoxy) is 1. The fourth-order valence-electron chi connectivity index (χ4n) is 2.02. The van der Waals surface area contributed by atoms with Gasteiger partial charge in [-0.2, -0.15) is 0 Å². The van der Waals surface area contributed by atoms with Crippen LogP contribution in [0.4, 0.5) is 15.8 Å². The molecular formula is C18H15FN2O5. The molecule has 7 nitrogen and oxygen atoms in total. The number of esters is 1. The Labute approximate surface area is 148 Å². The Hall–Kier alpha value is -3.55. The summed E-state index contributed by atoms with van der Waals surface area (Å²) >= 11 is 0. The lowest BCUT2D eigenvalue weighted by molar-refractivity contribution is -0.385. The summed E-state index contributed by atoms with van der Waals surface area (Å²) in [6.45, 7) is 1.33. The number of hydrogen-bond acceptors (Lipinski definition) is 5. The van der Waals surface area contributed by atoms with Gasteiger partial charge in [-0.3, -0.25) is 14.9 Å². The van der Waals surface area contributed by atoms with Gasteiger partial charge in [-0.05, 0) is 31.2 Å². The zero-order valence-electron chi connectivity index (χ0n) is 13.7. The molecule has 2 aromatic rings. The molecule has 0 unspecified atom stereocenters. The molecule has 0 fully saturated rings. The molecule has 0 saturated carbocycles. The van der Waals surface area contributed by atoms with Gasteiger partial charge in [0.25, 0.3) is 11.6 Å². The van der Waals surface area contributed by atoms with E-state index in [9.17, 15) is 24.1 Å². The Bertz CT molecular complexity index is 866. The quantitative estimate of drug-likeness (QED) is 0.370. The van der Waals surface area contributed by atoms with Crippen LogP contribution in [0.3, 0.4) is 0 Å². The molecular weight excluding hydrogens is 343 g/mol. The Morgan fingerprint density at radius 2 is 1.85 bits per heavy atom. The molecule has 1 amide bonds. The van der Waals surface area contributed by atoms with Crippen molar-refractivity contribution in [3.8, 4) is 0 Å². The second-order valence-corrected chi connectivity index (χ2v) is 5.20. The smallest absolute Gasteiger partial charge is 0.331 e. The molecule has 0 aliphatic carbocycles. The molecule has 2 aromatic carbocycles. The van der Waals surface area contributed by atoms with Crippen LogP contribution in [0, 0.1) is 15.9 Å². The normalized spacial score (nSPS) is 11.8. The van der Waals surface area contributed by atoms with Crippen LogP contribution >= 0.6 is 0 Å². The lowest BCUT2D eigenvalue weighted by Crippen LogP contribution is -2.29. The van der Waals surface area contributed by atoms with Crippen LogP contribution in [0.25, 0.3) is 6.08 Å². The summed E-state index contributed by atoms with van der Waals surface area (Å²) in [5.41, 5.74) is 0.0238. The summed E-state index contributed by atoms with van der Waals surface area (Å²) in [6, 6.07) is 11.4. The molecule has 0 radical (unpaired) electrons. The Balaban J connectivity index is 1.98. The van der Waals surface area contributed by atoms with Crippen molar-refractivity contribution >= 4 is 29.3 Å². The molecule has 2 rings (SSSR count). The van der Waals surface area contributed by atoms with Crippen molar-refractivity contribution in [2.75, 3.05) is 5.32 Å². The maximum Gasteiger partial charge on any atom is 0.331 e. The molecule has 26 heavy (non-hydrogen) atoms. The van der Waals surface area contributed by atoms with Gasteiger partial charge in [0, 0.05) is 12.1 Å². The SMILES string of the molecule is C[C@H](OC(=O)/C=C/c1ccccc1[N+](=O)[O-])C(=O)Nc1ccccc1F. The summed E-state index contributed by atoms with van der Waals surface area (Å²) in [6.07, 6.45) is 1.02. The maximum absolute atomic E-state index is 13.5. The van der Waals surface area contributed by atoms with Gasteiger partial charge in [0.2, 0.25) is 0 Å². The summed E-state index contributed by atoms with van der Waals surface area (Å²) in [5.74, 6) is -2.18. The van der Waals surface area contributed by atoms with Crippen molar-refractivity contribution in [2.24, 2.45) is 0 Å². The molecule has 0 aliphatic rings. The van der Waals surface area contributed by atoms with Gasteiger partial charge in [-0.1, -0.05) is 24.3 Å². The molecule has 134 valence electrons. The first-order valence-electron chi connectivity index (χ1n) is 7.56. The minimum atomic E-state index is -1.18. The van der Waals surface area contributed by atoms with Crippen LogP contribution in [-0.2, 0) is 14.3 Å². The van der Waals surface area contributed by atoms with Gasteiger partial charge in [0.15, 0.2) is 6.10 Å². The first-order valence-corrected chi connectivity index (χ1v) is 7.56. The fraction of sp³-hybridized carbons (Fsp3) is 0.111. The maximum atomic E-state index is 13.5. The number of nitro groups is 1. The number of halogens is 1. The minimum absolute atomic E-state index is 0.0316. The summed E-state index contributed by atoms with van der Waals surface area (Å²) < 4.78 is 18.4. The van der Waals surface area contributed by atoms with Crippen LogP contribution < -0.4 is 5.32 Å². The number of nitrogens with one attached hydrogen (secondary N) is 1. The Morgan fingerprint density at radius 1 is 1.19 bits per heavy atom. The van der Waals surface area contributed by atoms with Crippen LogP contribution in [0.5, 0.6) is 0 Å². The molecule has 1 atom stereocenters. The monoisotopic (exact) mass is 358 g/mol. The zero-order valence-corrected chi connectivity index (χ0v) is 13.7. The van der Waals surface area contributed by atoms with Crippen LogP contribution in [0.15, 0.2) is 54.6 Å². The predicted octanol–water partition coefficient (Wildman–Crippen LogP) is 3.32. The number of carbonyl (C=O) groups excluding carboxylic acids is 2. The van der Waals surface area contributed by atoms with Gasteiger partial charge in [-0.15, -0.1) is 0 Å². The molecule has 0 heterocycles. The lowest BCUT2D eigenvalue weighted by Gasteiger charge is -2.12. The van der Waals surface area contributed by atoms with E-state index in [-0.39, 0.29) is 16.9 Å². The van der Waals surface area contributed by atoms with Crippen LogP contribution in [0.2, 0.25) is 0 Å². The summed E-state index contributed by atoms with van der Waals surface area (Å²) in [5, 5.41) is 13.2. The van der Waals surface area contributed by atoms with Gasteiger partial charge >= 0.3 is 5.97 Å². The van der Waals surface area contributed by atoms with Gasteiger partial charge in [0.1, 0.15) is 5.82 Å². The van der Waals surface area contributed by atoms with E-state index in [1.54, 1.807) is 12.1 Å². The van der Waals surface area contributed by atoms with Gasteiger partial charge in [-0.25, -0.2) is 9.18 Å². The second-order valence-electron chi connectivity index (χ2n) is 5.20. The van der Waals surface area contributed by atoms with Crippen molar-refractivity contribution in [1.29, 1.82) is 0 Å². The highest BCUT2D eigenvalue weighted by atomic mass is 19.1. The average molecular weight is 358 g/mol. The van der Waals surface area contributed by atoms with E-state index < -0.39 is 28.7 Å². The number of nitrogens with zero attached hydrogens (tertiary/aromatic N) is 1. The Kier molecular flexibility index (Phi) is 6.15. The van der Waals surface area contributed by atoms with Crippen LogP contribution in [0.1, 0.15) is 12.5 Å². The molecule has 1 N–H and O–H groups in total. The third kappa shape index (κ3) is 4.97. The zero-order chi connectivity index (χ0) is 19.1. The molecule has 8 heteroatoms. The van der Waals surface area contributed by atoms with Gasteiger partial charge < -0.3 is 10.1 Å². The molecule has 0 saturated heterocycles. The lowest BCUT2D eigenvalue weighted by atomic mass is 10.1. The third-order valence-electron chi connectivity index (χ3n) is 3.33. The van der Waals surface area contributed by atoms with Crippen molar-refractivity contribution < 1.29 is 23.6 Å². The number of nitro benzene ring substituents is 1. The average Bonchev–Trinajstić information content (AvgIpc) is 2.62. The standard InChI is InChI=1S/C18H15FN2O5/c1-12(18(23)20-15-8-4-3-7-14(15)19)26-17(22)11-10-13-6-2-5-9-16(13)21(24)25/h2-12H,1H3,(H,20,23)/b11-10+/t12-/m0/s1. The molecule has 0 spiro atoms. The van der Waals surface area contributed by atoms with E-state index in [0.717, 1.165) is 6.08 Å². The van der Waals surface area contributed by atoms with E-state index in [0.29, 0.717) is 0 Å². The Morgan fingerprint density at radius 3 is 2.54 bits per heavy atom. The third-order valence-corrected chi connectivity index (χ3v) is 3.33. The van der Waals surface area contributed by atoms with Crippen molar-refractivity contribution in [1.82, 2.24) is 0 Å². The number of anilines is 1. The van der Waals surface area contributed by atoms with Crippen LogP contribution in [-0.4, -0.2) is 22.9 Å². The van der Waals surface area contributed by atoms with E-state index in [1.165, 1.54) is 49.4 Å². The largest absolute Gasteiger partial charge is 0.449 e. The minimum Gasteiger partial charge on any atom is -0.449 e. The van der Waals surface area contributed by atoms with Crippen molar-refractivity contribution in [3.05, 3.63) is 76.1 Å². The highest BCUT2D eigenvalue weighted by Crippen LogP contribution is 2.19. The number of rotatable bonds is 6. The first kappa shape index (κ1) is 18.8. The molecule has 0 aliphatic heterocycles. The number of amides is 1. The van der Waals surface area contributed by atoms with E-state index >= 15 is 0 Å². The highest BCUT2D eigenvalue weighted by molar-refractivity contribution is 5.96. The molecule has 0 bridgehead atoms. The van der Waals surface area contributed by atoms with Crippen molar-refractivity contribution in [3.63, 3.8) is 0 Å². The molecule has 0 aromatic heterocycles. The van der Waals surface area contributed by atoms with Crippen molar-refractivity contribution in [2.45, 2.75) is 13.0 Å². The summed E-state index contributed by atoms with van der Waals surface area (Å²) in [7, 11) is 0. The first-order chi connectivity index (χ1) is 12.4. The summed E-state index contributed by atoms with van der Waals surface area (Å²) in [4.78, 5) is 34.1. The number of carbonyl (C=O) groups is 2. The van der Waals surface area contributed by atoms with Gasteiger partial charge in [0.05, 0.1) is 16.2 Å². The van der Waals surface area contributed by atoms with E-state index in [4.69, 9.17) is 4.74 Å². The van der Waals surface area contributed by atoms with E-state index in [2.05, 4.69) is 5.32 Å². The topological polar surface area (TPSA) is 98.5 Å². The van der Waals surface area contributed by atoms with E-state index in [1.807, 2.05) is 0 Å².